The number of aromatic hydroxyl groups is 2. The first kappa shape index (κ1) is 20.2. The van der Waals surface area contributed by atoms with Crippen LogP contribution in [0.1, 0.15) is 15.9 Å². The first-order valence-corrected chi connectivity index (χ1v) is 9.96. The fourth-order valence-electron chi connectivity index (χ4n) is 2.58. The van der Waals surface area contributed by atoms with Crippen LogP contribution in [0.2, 0.25) is 0 Å². The van der Waals surface area contributed by atoms with Crippen molar-refractivity contribution >= 4 is 17.5 Å². The molecule has 0 spiro atoms. The van der Waals surface area contributed by atoms with Gasteiger partial charge in [0.05, 0.1) is 0 Å². The minimum Gasteiger partial charge on any atom is -0.508 e. The van der Waals surface area contributed by atoms with Crippen LogP contribution in [0, 0.1) is 0 Å². The Hall–Kier alpha value is -3.50. The molecule has 0 aliphatic rings. The van der Waals surface area contributed by atoms with Crippen LogP contribution >= 0.6 is 0 Å². The predicted octanol–water partition coefficient (Wildman–Crippen LogP) is 5.25. The Morgan fingerprint density at radius 2 is 1.10 bits per heavy atom. The Kier molecular flexibility index (Phi) is 7.09. The molecule has 0 amide bonds. The van der Waals surface area contributed by atoms with E-state index in [9.17, 15) is 9.90 Å². The van der Waals surface area contributed by atoms with Gasteiger partial charge in [0.15, 0.2) is 15.6 Å². The van der Waals surface area contributed by atoms with E-state index in [-0.39, 0.29) is 17.3 Å². The Morgan fingerprint density at radius 1 is 0.552 bits per heavy atom. The first-order chi connectivity index (χ1) is 14.1. The lowest BCUT2D eigenvalue weighted by Crippen LogP contribution is -2.00. The minimum atomic E-state index is -0.184. The summed E-state index contributed by atoms with van der Waals surface area (Å²) < 4.78 is 0. The molecule has 0 saturated carbocycles. The van der Waals surface area contributed by atoms with E-state index < -0.39 is 0 Å². The number of ketones is 1. The number of rotatable bonds is 4. The van der Waals surface area contributed by atoms with Gasteiger partial charge in [0.25, 0.3) is 0 Å². The van der Waals surface area contributed by atoms with Crippen molar-refractivity contribution in [2.45, 2.75) is 9.79 Å². The summed E-state index contributed by atoms with van der Waals surface area (Å²) in [5, 5.41) is 18.4. The number of hydrogen-bond acceptors (Lipinski definition) is 3. The molecule has 0 aliphatic heterocycles. The predicted molar refractivity (Wildman–Crippen MR) is 118 cm³/mol. The molecule has 0 radical (unpaired) electrons. The fraction of sp³-hybridized carbons (Fsp3) is 0. The summed E-state index contributed by atoms with van der Waals surface area (Å²) in [6.07, 6.45) is 0. The Balaban J connectivity index is 0.000000169. The molecule has 0 aromatic heterocycles. The monoisotopic (exact) mass is 401 g/mol. The molecule has 0 heterocycles. The average molecular weight is 402 g/mol. The van der Waals surface area contributed by atoms with Gasteiger partial charge in [0.2, 0.25) is 0 Å². The van der Waals surface area contributed by atoms with Crippen LogP contribution in [-0.4, -0.2) is 16.0 Å². The summed E-state index contributed by atoms with van der Waals surface area (Å²) in [4.78, 5) is 14.6. The molecule has 0 unspecified atom stereocenters. The van der Waals surface area contributed by atoms with Crippen molar-refractivity contribution in [2.75, 3.05) is 0 Å². The van der Waals surface area contributed by atoms with Gasteiger partial charge in [-0.05, 0) is 60.7 Å². The second kappa shape index (κ2) is 10.2. The molecule has 144 valence electrons. The van der Waals surface area contributed by atoms with Gasteiger partial charge >= 0.3 is 0 Å². The van der Waals surface area contributed by atoms with Crippen LogP contribution in [0.5, 0.6) is 11.5 Å². The lowest BCUT2D eigenvalue weighted by molar-refractivity contribution is 0.103. The number of phenolic OH excluding ortho intramolecular Hbond substituents is 2. The maximum absolute atomic E-state index is 11.9. The standard InChI is InChI=1S/C13H10O3.C12H10S/c14-11-6-4-9(5-7-11)13(16)10-2-1-3-12(15)8-10;1-3-7-11(8-4-1)13-12-9-5-2-6-10-12/h1-8,14-15H;1-10H/p+1. The lowest BCUT2D eigenvalue weighted by Gasteiger charge is -2.01. The topological polar surface area (TPSA) is 57.5 Å². The molecule has 4 aromatic rings. The first-order valence-electron chi connectivity index (χ1n) is 9.06. The maximum atomic E-state index is 11.9. The van der Waals surface area contributed by atoms with E-state index in [1.807, 2.05) is 12.1 Å². The molecule has 0 saturated heterocycles. The van der Waals surface area contributed by atoms with Crippen molar-refractivity contribution in [1.82, 2.24) is 0 Å². The second-order valence-corrected chi connectivity index (χ2v) is 7.47. The van der Waals surface area contributed by atoms with Gasteiger partial charge in [-0.2, -0.15) is 0 Å². The summed E-state index contributed by atoms with van der Waals surface area (Å²) in [6.45, 7) is 0. The number of hydrogen-bond donors (Lipinski definition) is 2. The van der Waals surface area contributed by atoms with E-state index in [4.69, 9.17) is 5.11 Å². The van der Waals surface area contributed by atoms with E-state index in [2.05, 4.69) is 48.5 Å². The van der Waals surface area contributed by atoms with Crippen molar-refractivity contribution in [3.05, 3.63) is 120 Å². The number of phenols is 2. The smallest absolute Gasteiger partial charge is 0.193 e. The Morgan fingerprint density at radius 3 is 1.62 bits per heavy atom. The summed E-state index contributed by atoms with van der Waals surface area (Å²) >= 11 is 1.28. The molecular weight excluding hydrogens is 380 g/mol. The molecule has 4 aromatic carbocycles. The molecule has 2 N–H and O–H groups in total. The summed E-state index contributed by atoms with van der Waals surface area (Å²) in [7, 11) is 0. The average Bonchev–Trinajstić information content (AvgIpc) is 2.76. The van der Waals surface area contributed by atoms with Crippen molar-refractivity contribution in [1.29, 1.82) is 0 Å². The maximum Gasteiger partial charge on any atom is 0.193 e. The van der Waals surface area contributed by atoms with E-state index >= 15 is 0 Å². The molecule has 0 atom stereocenters. The van der Waals surface area contributed by atoms with Gasteiger partial charge < -0.3 is 10.2 Å². The molecule has 3 nitrogen and oxygen atoms in total. The van der Waals surface area contributed by atoms with Crippen molar-refractivity contribution in [2.24, 2.45) is 0 Å². The quantitative estimate of drug-likeness (QED) is 0.279. The molecule has 0 bridgehead atoms. The highest BCUT2D eigenvalue weighted by atomic mass is 32.2. The molecule has 4 heteroatoms. The number of carbonyl (C=O) groups is 1. The van der Waals surface area contributed by atoms with Gasteiger partial charge in [-0.1, -0.05) is 48.5 Å². The summed E-state index contributed by atoms with van der Waals surface area (Å²) in [5.74, 6) is -0.00649. The number of carbonyl (C=O) groups excluding carboxylic acids is 1. The Bertz CT molecular complexity index is 1010. The van der Waals surface area contributed by atoms with Crippen LogP contribution in [0.15, 0.2) is 119 Å². The highest BCUT2D eigenvalue weighted by molar-refractivity contribution is 7.78. The van der Waals surface area contributed by atoms with E-state index in [0.29, 0.717) is 11.1 Å². The third kappa shape index (κ3) is 6.26. The van der Waals surface area contributed by atoms with Crippen LogP contribution in [-0.2, 0) is 11.8 Å². The third-order valence-corrected chi connectivity index (χ3v) is 5.12. The van der Waals surface area contributed by atoms with Gasteiger partial charge in [-0.3, -0.25) is 4.79 Å². The van der Waals surface area contributed by atoms with E-state index in [0.717, 1.165) is 0 Å². The van der Waals surface area contributed by atoms with Crippen LogP contribution in [0.4, 0.5) is 0 Å². The number of thiol groups is 1. The largest absolute Gasteiger partial charge is 0.508 e. The third-order valence-electron chi connectivity index (χ3n) is 4.01. The zero-order chi connectivity index (χ0) is 20.5. The lowest BCUT2D eigenvalue weighted by atomic mass is 10.0. The normalized spacial score (nSPS) is 9.93. The molecule has 0 aliphatic carbocycles. The fourth-order valence-corrected chi connectivity index (χ4v) is 3.52. The SMILES string of the molecule is O=C(c1ccc(O)cc1)c1cccc(O)c1.c1ccc([SH+]c2ccccc2)cc1. The molecule has 29 heavy (non-hydrogen) atoms. The Labute approximate surface area is 174 Å². The van der Waals surface area contributed by atoms with E-state index in [1.54, 1.807) is 24.3 Å². The molecular formula is C25H21O3S+. The summed E-state index contributed by atoms with van der Waals surface area (Å²) in [6, 6.07) is 33.1. The van der Waals surface area contributed by atoms with Gasteiger partial charge in [0, 0.05) is 22.9 Å². The van der Waals surface area contributed by atoms with Crippen LogP contribution < -0.4 is 0 Å². The molecule has 0 fully saturated rings. The number of benzene rings is 4. The van der Waals surface area contributed by atoms with Crippen molar-refractivity contribution < 1.29 is 15.0 Å². The second-order valence-electron chi connectivity index (χ2n) is 6.21. The zero-order valence-corrected chi connectivity index (χ0v) is 16.5. The van der Waals surface area contributed by atoms with Crippen molar-refractivity contribution in [3.8, 4) is 11.5 Å². The van der Waals surface area contributed by atoms with Crippen LogP contribution in [0.25, 0.3) is 0 Å². The van der Waals surface area contributed by atoms with Crippen molar-refractivity contribution in [3.63, 3.8) is 0 Å². The molecule has 4 rings (SSSR count). The zero-order valence-electron chi connectivity index (χ0n) is 15.6. The van der Waals surface area contributed by atoms with E-state index in [1.165, 1.54) is 45.8 Å². The van der Waals surface area contributed by atoms with Gasteiger partial charge in [-0.15, -0.1) is 0 Å². The van der Waals surface area contributed by atoms with Crippen LogP contribution in [0.3, 0.4) is 0 Å². The van der Waals surface area contributed by atoms with Gasteiger partial charge in [0.1, 0.15) is 11.5 Å². The minimum absolute atomic E-state index is 0.0598. The van der Waals surface area contributed by atoms with Gasteiger partial charge in [-0.25, -0.2) is 0 Å². The highest BCUT2D eigenvalue weighted by Crippen LogP contribution is 2.17. The highest BCUT2D eigenvalue weighted by Gasteiger charge is 2.09. The summed E-state index contributed by atoms with van der Waals surface area (Å²) in [5.41, 5.74) is 0.897.